The van der Waals surface area contributed by atoms with Crippen LogP contribution in [0.15, 0.2) is 48.5 Å². The predicted molar refractivity (Wildman–Crippen MR) is 84.6 cm³/mol. The third kappa shape index (κ3) is 2.34. The lowest BCUT2D eigenvalue weighted by molar-refractivity contribution is 0.181. The monoisotopic (exact) mass is 279 g/mol. The topological polar surface area (TPSA) is 21.3 Å². The van der Waals surface area contributed by atoms with Crippen LogP contribution in [0.1, 0.15) is 29.7 Å². The highest BCUT2D eigenvalue weighted by atomic mass is 16.5. The first-order valence-corrected chi connectivity index (χ1v) is 7.86. The maximum Gasteiger partial charge on any atom is 0.124 e. The largest absolute Gasteiger partial charge is 0.493 e. The van der Waals surface area contributed by atoms with Crippen LogP contribution in [0, 0.1) is 5.92 Å². The molecule has 0 saturated heterocycles. The van der Waals surface area contributed by atoms with Gasteiger partial charge in [0, 0.05) is 23.6 Å². The molecule has 0 aromatic heterocycles. The molecule has 2 aromatic carbocycles. The predicted octanol–water partition coefficient (Wildman–Crippen LogP) is 3.51. The molecule has 0 amide bonds. The minimum absolute atomic E-state index is 0.397. The number of ether oxygens (including phenoxy) is 1. The Morgan fingerprint density at radius 1 is 0.952 bits per heavy atom. The van der Waals surface area contributed by atoms with E-state index >= 15 is 0 Å². The standard InChI is InChI=1S/C19H21NO/c1-13-12-21-18-9-5-4-8-17(18)19(13)20-16-10-14-6-2-3-7-15(14)11-16/h2-9,13,16,19-20H,10-12H2,1H3. The lowest BCUT2D eigenvalue weighted by atomic mass is 9.91. The average Bonchev–Trinajstić information content (AvgIpc) is 2.92. The minimum atomic E-state index is 0.397. The minimum Gasteiger partial charge on any atom is -0.493 e. The van der Waals surface area contributed by atoms with Crippen LogP contribution in [0.3, 0.4) is 0 Å². The van der Waals surface area contributed by atoms with E-state index in [-0.39, 0.29) is 0 Å². The van der Waals surface area contributed by atoms with E-state index in [0.29, 0.717) is 18.0 Å². The van der Waals surface area contributed by atoms with Gasteiger partial charge in [0.1, 0.15) is 5.75 Å². The molecule has 1 heterocycles. The van der Waals surface area contributed by atoms with Gasteiger partial charge in [-0.25, -0.2) is 0 Å². The Hall–Kier alpha value is -1.80. The lowest BCUT2D eigenvalue weighted by Crippen LogP contribution is -2.40. The zero-order chi connectivity index (χ0) is 14.2. The van der Waals surface area contributed by atoms with Gasteiger partial charge in [0.15, 0.2) is 0 Å². The molecule has 2 aliphatic rings. The van der Waals surface area contributed by atoms with Gasteiger partial charge >= 0.3 is 0 Å². The summed E-state index contributed by atoms with van der Waals surface area (Å²) in [5, 5.41) is 3.89. The van der Waals surface area contributed by atoms with E-state index in [2.05, 4.69) is 60.8 Å². The summed E-state index contributed by atoms with van der Waals surface area (Å²) < 4.78 is 5.85. The number of benzene rings is 2. The zero-order valence-electron chi connectivity index (χ0n) is 12.4. The van der Waals surface area contributed by atoms with E-state index in [1.165, 1.54) is 16.7 Å². The number of hydrogen-bond acceptors (Lipinski definition) is 2. The van der Waals surface area contributed by atoms with Gasteiger partial charge in [-0.1, -0.05) is 49.4 Å². The van der Waals surface area contributed by atoms with Crippen molar-refractivity contribution >= 4 is 0 Å². The molecule has 2 unspecified atom stereocenters. The van der Waals surface area contributed by atoms with Crippen LogP contribution in [0.25, 0.3) is 0 Å². The summed E-state index contributed by atoms with van der Waals surface area (Å²) in [5.74, 6) is 1.55. The van der Waals surface area contributed by atoms with Gasteiger partial charge in [-0.15, -0.1) is 0 Å². The summed E-state index contributed by atoms with van der Waals surface area (Å²) in [6, 6.07) is 18.2. The molecule has 0 saturated carbocycles. The molecule has 21 heavy (non-hydrogen) atoms. The molecule has 0 radical (unpaired) electrons. The maximum absolute atomic E-state index is 5.85. The number of hydrogen-bond donors (Lipinski definition) is 1. The van der Waals surface area contributed by atoms with E-state index in [4.69, 9.17) is 4.74 Å². The Balaban J connectivity index is 1.56. The van der Waals surface area contributed by atoms with E-state index in [1.54, 1.807) is 0 Å². The van der Waals surface area contributed by atoms with Crippen molar-refractivity contribution in [3.63, 3.8) is 0 Å². The van der Waals surface area contributed by atoms with E-state index in [9.17, 15) is 0 Å². The molecule has 0 spiro atoms. The van der Waals surface area contributed by atoms with Gasteiger partial charge < -0.3 is 10.1 Å². The maximum atomic E-state index is 5.85. The number of rotatable bonds is 2. The van der Waals surface area contributed by atoms with Crippen molar-refractivity contribution in [2.45, 2.75) is 31.8 Å². The average molecular weight is 279 g/mol. The first-order chi connectivity index (χ1) is 10.3. The third-order valence-corrected chi connectivity index (χ3v) is 4.79. The molecule has 0 fully saturated rings. The van der Waals surface area contributed by atoms with Crippen molar-refractivity contribution in [1.29, 1.82) is 0 Å². The Labute approximate surface area is 126 Å². The van der Waals surface area contributed by atoms with Gasteiger partial charge in [0.25, 0.3) is 0 Å². The Kier molecular flexibility index (Phi) is 3.19. The fraction of sp³-hybridized carbons (Fsp3) is 0.368. The van der Waals surface area contributed by atoms with Crippen molar-refractivity contribution in [2.75, 3.05) is 6.61 Å². The molecule has 2 heteroatoms. The zero-order valence-corrected chi connectivity index (χ0v) is 12.4. The van der Waals surface area contributed by atoms with Crippen LogP contribution in [0.2, 0.25) is 0 Å². The smallest absolute Gasteiger partial charge is 0.124 e. The Morgan fingerprint density at radius 3 is 2.38 bits per heavy atom. The van der Waals surface area contributed by atoms with Crippen LogP contribution in [-0.2, 0) is 12.8 Å². The van der Waals surface area contributed by atoms with Gasteiger partial charge in [-0.2, -0.15) is 0 Å². The van der Waals surface area contributed by atoms with Crippen LogP contribution < -0.4 is 10.1 Å². The SMILES string of the molecule is CC1COc2ccccc2C1NC1Cc2ccccc2C1. The number of para-hydroxylation sites is 1. The summed E-state index contributed by atoms with van der Waals surface area (Å²) >= 11 is 0. The van der Waals surface area contributed by atoms with E-state index in [0.717, 1.165) is 25.2 Å². The molecule has 0 bridgehead atoms. The molecule has 4 rings (SSSR count). The summed E-state index contributed by atoms with van der Waals surface area (Å²) in [4.78, 5) is 0. The van der Waals surface area contributed by atoms with Gasteiger partial charge in [-0.3, -0.25) is 0 Å². The molecule has 1 N–H and O–H groups in total. The summed E-state index contributed by atoms with van der Waals surface area (Å²) in [5.41, 5.74) is 4.32. The van der Waals surface area contributed by atoms with E-state index < -0.39 is 0 Å². The van der Waals surface area contributed by atoms with Crippen LogP contribution in [0.4, 0.5) is 0 Å². The fourth-order valence-electron chi connectivity index (χ4n) is 3.68. The van der Waals surface area contributed by atoms with Crippen molar-refractivity contribution in [1.82, 2.24) is 5.32 Å². The Morgan fingerprint density at radius 2 is 1.62 bits per heavy atom. The summed E-state index contributed by atoms with van der Waals surface area (Å²) in [6.45, 7) is 3.07. The van der Waals surface area contributed by atoms with Crippen LogP contribution >= 0.6 is 0 Å². The van der Waals surface area contributed by atoms with Crippen molar-refractivity contribution < 1.29 is 4.74 Å². The first-order valence-electron chi connectivity index (χ1n) is 7.86. The second-order valence-electron chi connectivity index (χ2n) is 6.34. The number of fused-ring (bicyclic) bond motifs is 2. The molecule has 2 atom stereocenters. The third-order valence-electron chi connectivity index (χ3n) is 4.79. The molecule has 2 aromatic rings. The van der Waals surface area contributed by atoms with Gasteiger partial charge in [0.05, 0.1) is 6.61 Å². The highest BCUT2D eigenvalue weighted by molar-refractivity contribution is 5.39. The molecule has 2 nitrogen and oxygen atoms in total. The van der Waals surface area contributed by atoms with Crippen LogP contribution in [0.5, 0.6) is 5.75 Å². The second kappa shape index (κ2) is 5.19. The van der Waals surface area contributed by atoms with Crippen molar-refractivity contribution in [3.8, 4) is 5.75 Å². The van der Waals surface area contributed by atoms with Gasteiger partial charge in [-0.05, 0) is 30.0 Å². The summed E-state index contributed by atoms with van der Waals surface area (Å²) in [7, 11) is 0. The Bertz CT molecular complexity index is 627. The molecule has 108 valence electrons. The van der Waals surface area contributed by atoms with E-state index in [1.807, 2.05) is 0 Å². The van der Waals surface area contributed by atoms with Crippen molar-refractivity contribution in [2.24, 2.45) is 5.92 Å². The molecule has 1 aliphatic heterocycles. The number of nitrogens with one attached hydrogen (secondary N) is 1. The first kappa shape index (κ1) is 12.9. The quantitative estimate of drug-likeness (QED) is 0.908. The van der Waals surface area contributed by atoms with Crippen molar-refractivity contribution in [3.05, 3.63) is 65.2 Å². The van der Waals surface area contributed by atoms with Gasteiger partial charge in [0.2, 0.25) is 0 Å². The normalized spacial score (nSPS) is 24.2. The highest BCUT2D eigenvalue weighted by Gasteiger charge is 2.31. The molecule has 1 aliphatic carbocycles. The summed E-state index contributed by atoms with van der Waals surface area (Å²) in [6.07, 6.45) is 2.28. The fourth-order valence-corrected chi connectivity index (χ4v) is 3.68. The second-order valence-corrected chi connectivity index (χ2v) is 6.34. The lowest BCUT2D eigenvalue weighted by Gasteiger charge is -2.34. The molecular formula is C19H21NO. The molecular weight excluding hydrogens is 258 g/mol. The highest BCUT2D eigenvalue weighted by Crippen LogP contribution is 2.36. The van der Waals surface area contributed by atoms with Crippen LogP contribution in [-0.4, -0.2) is 12.6 Å².